The summed E-state index contributed by atoms with van der Waals surface area (Å²) in [4.78, 5) is 12.4. The number of aromatic nitrogens is 2. The van der Waals surface area contributed by atoms with Crippen LogP contribution in [0.1, 0.15) is 36.2 Å². The minimum atomic E-state index is -0.355. The maximum absolute atomic E-state index is 12.4. The first kappa shape index (κ1) is 15.3. The Bertz CT molecular complexity index is 759. The largest absolute Gasteiger partial charge is 0.285 e. The van der Waals surface area contributed by atoms with Crippen LogP contribution >= 0.6 is 11.6 Å². The average Bonchev–Trinajstić information content (AvgIpc) is 2.50. The summed E-state index contributed by atoms with van der Waals surface area (Å²) in [5, 5.41) is 14.3. The quantitative estimate of drug-likeness (QED) is 0.872. The summed E-state index contributed by atoms with van der Waals surface area (Å²) in [6.07, 6.45) is 1.31. The molecule has 1 aromatic carbocycles. The third-order valence-electron chi connectivity index (χ3n) is 3.42. The fraction of sp³-hybridized carbons (Fsp3) is 0.312. The Morgan fingerprint density at radius 3 is 2.57 bits per heavy atom. The lowest BCUT2D eigenvalue weighted by atomic mass is 10.0. The Balaban J connectivity index is 2.58. The van der Waals surface area contributed by atoms with Crippen LogP contribution in [0.2, 0.25) is 5.02 Å². The van der Waals surface area contributed by atoms with Gasteiger partial charge in [0, 0.05) is 5.02 Å². The van der Waals surface area contributed by atoms with Crippen LogP contribution in [0.25, 0.3) is 0 Å². The van der Waals surface area contributed by atoms with Gasteiger partial charge in [-0.25, -0.2) is 4.68 Å². The molecule has 108 valence electrons. The molecule has 0 spiro atoms. The van der Waals surface area contributed by atoms with E-state index in [1.807, 2.05) is 38.1 Å². The highest BCUT2D eigenvalue weighted by molar-refractivity contribution is 6.31. The van der Waals surface area contributed by atoms with Crippen molar-refractivity contribution in [1.29, 1.82) is 5.26 Å². The maximum Gasteiger partial charge on any atom is 0.285 e. The Morgan fingerprint density at radius 1 is 1.29 bits per heavy atom. The number of nitrogens with zero attached hydrogens (tertiary/aromatic N) is 3. The molecule has 0 bridgehead atoms. The molecule has 0 amide bonds. The topological polar surface area (TPSA) is 58.7 Å². The molecule has 0 N–H and O–H groups in total. The van der Waals surface area contributed by atoms with Crippen molar-refractivity contribution in [2.45, 2.75) is 33.2 Å². The molecule has 5 heteroatoms. The molecule has 0 aliphatic heterocycles. The number of benzene rings is 1. The van der Waals surface area contributed by atoms with Gasteiger partial charge < -0.3 is 0 Å². The summed E-state index contributed by atoms with van der Waals surface area (Å²) in [6.45, 7) is 4.16. The summed E-state index contributed by atoms with van der Waals surface area (Å²) >= 11 is 6.12. The predicted octanol–water partition coefficient (Wildman–Crippen LogP) is 2.94. The minimum absolute atomic E-state index is 0.191. The molecule has 1 aromatic heterocycles. The van der Waals surface area contributed by atoms with E-state index in [0.29, 0.717) is 17.9 Å². The number of hydrogen-bond donors (Lipinski definition) is 0. The van der Waals surface area contributed by atoms with Crippen LogP contribution in [0.3, 0.4) is 0 Å². The third kappa shape index (κ3) is 2.98. The molecular formula is C16H16ClN3O. The first-order valence-corrected chi connectivity index (χ1v) is 7.26. The normalized spacial score (nSPS) is 10.4. The lowest BCUT2D eigenvalue weighted by molar-refractivity contribution is 0.612. The SMILES string of the molecule is CCc1nn(Cc2ccccc2Cl)c(=O)c(C#N)c1CC. The smallest absolute Gasteiger partial charge is 0.266 e. The fourth-order valence-corrected chi connectivity index (χ4v) is 2.52. The van der Waals surface area contributed by atoms with Crippen molar-refractivity contribution in [3.05, 3.63) is 62.0 Å². The van der Waals surface area contributed by atoms with Gasteiger partial charge in [-0.05, 0) is 30.0 Å². The maximum atomic E-state index is 12.4. The van der Waals surface area contributed by atoms with Crippen LogP contribution in [0.4, 0.5) is 0 Å². The van der Waals surface area contributed by atoms with Crippen LogP contribution in [0, 0.1) is 11.3 Å². The van der Waals surface area contributed by atoms with E-state index in [2.05, 4.69) is 5.10 Å². The van der Waals surface area contributed by atoms with Crippen molar-refractivity contribution in [3.8, 4) is 6.07 Å². The van der Waals surface area contributed by atoms with Crippen molar-refractivity contribution in [2.75, 3.05) is 0 Å². The number of aryl methyl sites for hydroxylation is 1. The predicted molar refractivity (Wildman–Crippen MR) is 82.5 cm³/mol. The van der Waals surface area contributed by atoms with Crippen molar-refractivity contribution >= 4 is 11.6 Å². The van der Waals surface area contributed by atoms with Gasteiger partial charge in [-0.3, -0.25) is 4.79 Å². The number of halogens is 1. The van der Waals surface area contributed by atoms with E-state index in [1.54, 1.807) is 6.07 Å². The zero-order valence-corrected chi connectivity index (χ0v) is 12.8. The molecule has 4 nitrogen and oxygen atoms in total. The molecule has 0 fully saturated rings. The molecule has 1 heterocycles. The summed E-state index contributed by atoms with van der Waals surface area (Å²) < 4.78 is 1.33. The van der Waals surface area contributed by atoms with Gasteiger partial charge >= 0.3 is 0 Å². The molecule has 0 saturated heterocycles. The first-order chi connectivity index (χ1) is 10.1. The van der Waals surface area contributed by atoms with Gasteiger partial charge in [0.25, 0.3) is 5.56 Å². The summed E-state index contributed by atoms with van der Waals surface area (Å²) in [7, 11) is 0. The number of nitriles is 1. The average molecular weight is 302 g/mol. The van der Waals surface area contributed by atoms with Gasteiger partial charge in [0.2, 0.25) is 0 Å². The number of hydrogen-bond acceptors (Lipinski definition) is 3. The molecule has 0 radical (unpaired) electrons. The zero-order valence-electron chi connectivity index (χ0n) is 12.1. The molecule has 2 rings (SSSR count). The zero-order chi connectivity index (χ0) is 15.4. The second kappa shape index (κ2) is 6.55. The fourth-order valence-electron chi connectivity index (χ4n) is 2.33. The summed E-state index contributed by atoms with van der Waals surface area (Å²) in [6, 6.07) is 9.34. The monoisotopic (exact) mass is 301 g/mol. The Kier molecular flexibility index (Phi) is 4.77. The van der Waals surface area contributed by atoms with Gasteiger partial charge in [0.1, 0.15) is 11.6 Å². The molecule has 0 aliphatic carbocycles. The second-order valence-electron chi connectivity index (χ2n) is 4.67. The van der Waals surface area contributed by atoms with Crippen LogP contribution in [0.15, 0.2) is 29.1 Å². The van der Waals surface area contributed by atoms with E-state index >= 15 is 0 Å². The lowest BCUT2D eigenvalue weighted by Crippen LogP contribution is -2.29. The molecule has 2 aromatic rings. The number of rotatable bonds is 4. The van der Waals surface area contributed by atoms with Gasteiger partial charge in [-0.2, -0.15) is 10.4 Å². The van der Waals surface area contributed by atoms with Gasteiger partial charge in [0.15, 0.2) is 0 Å². The molecule has 0 unspecified atom stereocenters. The standard InChI is InChI=1S/C16H16ClN3O/c1-3-12-13(9-18)16(21)20(19-15(12)4-2)10-11-7-5-6-8-14(11)17/h5-8H,3-4,10H2,1-2H3. The third-order valence-corrected chi connectivity index (χ3v) is 3.79. The highest BCUT2D eigenvalue weighted by Crippen LogP contribution is 2.16. The highest BCUT2D eigenvalue weighted by Gasteiger charge is 2.15. The van der Waals surface area contributed by atoms with Crippen LogP contribution in [-0.2, 0) is 19.4 Å². The van der Waals surface area contributed by atoms with Crippen LogP contribution in [-0.4, -0.2) is 9.78 Å². The van der Waals surface area contributed by atoms with Crippen molar-refractivity contribution in [1.82, 2.24) is 9.78 Å². The van der Waals surface area contributed by atoms with Crippen molar-refractivity contribution in [2.24, 2.45) is 0 Å². The minimum Gasteiger partial charge on any atom is -0.266 e. The van der Waals surface area contributed by atoms with E-state index in [0.717, 1.165) is 16.8 Å². The summed E-state index contributed by atoms with van der Waals surface area (Å²) in [5.41, 5.74) is 2.19. The first-order valence-electron chi connectivity index (χ1n) is 6.88. The Hall–Kier alpha value is -2.12. The van der Waals surface area contributed by atoms with Crippen LogP contribution in [0.5, 0.6) is 0 Å². The molecule has 0 saturated carbocycles. The molecule has 0 atom stereocenters. The van der Waals surface area contributed by atoms with Gasteiger partial charge in [-0.1, -0.05) is 43.6 Å². The lowest BCUT2D eigenvalue weighted by Gasteiger charge is -2.12. The van der Waals surface area contributed by atoms with E-state index in [4.69, 9.17) is 11.6 Å². The van der Waals surface area contributed by atoms with E-state index in [-0.39, 0.29) is 17.7 Å². The Labute approximate surface area is 128 Å². The second-order valence-corrected chi connectivity index (χ2v) is 5.08. The van der Waals surface area contributed by atoms with Crippen LogP contribution < -0.4 is 5.56 Å². The highest BCUT2D eigenvalue weighted by atomic mass is 35.5. The molecular weight excluding hydrogens is 286 g/mol. The van der Waals surface area contributed by atoms with E-state index < -0.39 is 0 Å². The van der Waals surface area contributed by atoms with Crippen molar-refractivity contribution < 1.29 is 0 Å². The van der Waals surface area contributed by atoms with E-state index in [9.17, 15) is 10.1 Å². The summed E-state index contributed by atoms with van der Waals surface area (Å²) in [5.74, 6) is 0. The molecule has 0 aliphatic rings. The molecule has 21 heavy (non-hydrogen) atoms. The van der Waals surface area contributed by atoms with Crippen molar-refractivity contribution in [3.63, 3.8) is 0 Å². The van der Waals surface area contributed by atoms with Gasteiger partial charge in [0.05, 0.1) is 12.2 Å². The Morgan fingerprint density at radius 2 is 2.00 bits per heavy atom. The van der Waals surface area contributed by atoms with Gasteiger partial charge in [-0.15, -0.1) is 0 Å². The van der Waals surface area contributed by atoms with E-state index in [1.165, 1.54) is 4.68 Å².